The molecule has 2 N–H and O–H groups in total. The largest absolute Gasteiger partial charge is 0.317 e. The Kier molecular flexibility index (Phi) is 2.38. The standard InChI is InChI=1S/C11H11N5S/c1-7-5-9-14-15-11(16(9)6-13-7)10(12)8-3-2-4-17-8/h2-6,10H,12H2,1H3. The molecule has 1 atom stereocenters. The first kappa shape index (κ1) is 10.4. The molecule has 0 aliphatic carbocycles. The zero-order valence-corrected chi connectivity index (χ0v) is 10.1. The van der Waals surface area contributed by atoms with Crippen molar-refractivity contribution in [1.82, 2.24) is 19.6 Å². The summed E-state index contributed by atoms with van der Waals surface area (Å²) >= 11 is 1.61. The molecule has 3 aromatic rings. The summed E-state index contributed by atoms with van der Waals surface area (Å²) in [4.78, 5) is 5.30. The Morgan fingerprint density at radius 3 is 3.06 bits per heavy atom. The van der Waals surface area contributed by atoms with Crippen LogP contribution in [0.3, 0.4) is 0 Å². The van der Waals surface area contributed by atoms with Crippen molar-refractivity contribution in [2.24, 2.45) is 5.73 Å². The van der Waals surface area contributed by atoms with Crippen molar-refractivity contribution in [2.45, 2.75) is 13.0 Å². The van der Waals surface area contributed by atoms with Gasteiger partial charge in [-0.2, -0.15) is 0 Å². The summed E-state index contributed by atoms with van der Waals surface area (Å²) < 4.78 is 1.83. The fourth-order valence-corrected chi connectivity index (χ4v) is 2.44. The Morgan fingerprint density at radius 2 is 2.29 bits per heavy atom. The average Bonchev–Trinajstić information content (AvgIpc) is 2.96. The third kappa shape index (κ3) is 1.71. The Hall–Kier alpha value is -1.79. The van der Waals surface area contributed by atoms with Crippen molar-refractivity contribution in [1.29, 1.82) is 0 Å². The number of thiophene rings is 1. The van der Waals surface area contributed by atoms with Gasteiger partial charge in [-0.15, -0.1) is 21.5 Å². The maximum atomic E-state index is 6.17. The number of aromatic nitrogens is 4. The molecule has 0 aromatic carbocycles. The topological polar surface area (TPSA) is 69.1 Å². The van der Waals surface area contributed by atoms with Gasteiger partial charge in [-0.1, -0.05) is 6.07 Å². The van der Waals surface area contributed by atoms with Gasteiger partial charge in [0.2, 0.25) is 0 Å². The minimum absolute atomic E-state index is 0.255. The van der Waals surface area contributed by atoms with E-state index in [1.165, 1.54) is 0 Å². The van der Waals surface area contributed by atoms with Gasteiger partial charge in [-0.05, 0) is 18.4 Å². The minimum Gasteiger partial charge on any atom is -0.317 e. The van der Waals surface area contributed by atoms with Gasteiger partial charge in [0.15, 0.2) is 11.5 Å². The van der Waals surface area contributed by atoms with Crippen molar-refractivity contribution in [3.05, 3.63) is 46.3 Å². The van der Waals surface area contributed by atoms with Gasteiger partial charge in [0, 0.05) is 16.6 Å². The van der Waals surface area contributed by atoms with Crippen molar-refractivity contribution < 1.29 is 0 Å². The number of hydrogen-bond donors (Lipinski definition) is 1. The van der Waals surface area contributed by atoms with Crippen molar-refractivity contribution in [3.8, 4) is 0 Å². The Balaban J connectivity index is 2.12. The van der Waals surface area contributed by atoms with Gasteiger partial charge in [0.05, 0.1) is 0 Å². The predicted octanol–water partition coefficient (Wildman–Crippen LogP) is 1.54. The lowest BCUT2D eigenvalue weighted by Gasteiger charge is -2.06. The lowest BCUT2D eigenvalue weighted by molar-refractivity contribution is 0.772. The monoisotopic (exact) mass is 245 g/mol. The maximum absolute atomic E-state index is 6.17. The van der Waals surface area contributed by atoms with Gasteiger partial charge < -0.3 is 5.73 Å². The predicted molar refractivity (Wildman–Crippen MR) is 65.9 cm³/mol. The normalized spacial score (nSPS) is 13.1. The number of rotatable bonds is 2. The molecule has 0 aliphatic heterocycles. The van der Waals surface area contributed by atoms with Crippen LogP contribution in [-0.2, 0) is 0 Å². The Bertz CT molecular complexity index is 643. The number of hydrogen-bond acceptors (Lipinski definition) is 5. The third-order valence-electron chi connectivity index (χ3n) is 2.59. The first-order valence-corrected chi connectivity index (χ1v) is 6.10. The van der Waals surface area contributed by atoms with E-state index in [1.54, 1.807) is 17.7 Å². The summed E-state index contributed by atoms with van der Waals surface area (Å²) in [7, 11) is 0. The summed E-state index contributed by atoms with van der Waals surface area (Å²) in [5.41, 5.74) is 7.86. The zero-order valence-electron chi connectivity index (χ0n) is 9.24. The highest BCUT2D eigenvalue weighted by atomic mass is 32.1. The van der Waals surface area contributed by atoms with Gasteiger partial charge >= 0.3 is 0 Å². The molecule has 0 spiro atoms. The quantitative estimate of drug-likeness (QED) is 0.743. The molecule has 3 heterocycles. The van der Waals surface area contributed by atoms with E-state index in [0.29, 0.717) is 0 Å². The summed E-state index contributed by atoms with van der Waals surface area (Å²) in [6, 6.07) is 5.61. The zero-order chi connectivity index (χ0) is 11.8. The van der Waals surface area contributed by atoms with Crippen molar-refractivity contribution in [2.75, 3.05) is 0 Å². The van der Waals surface area contributed by atoms with Gasteiger partial charge in [-0.3, -0.25) is 4.40 Å². The highest BCUT2D eigenvalue weighted by Gasteiger charge is 2.16. The number of aryl methyl sites for hydroxylation is 1. The number of nitrogens with two attached hydrogens (primary N) is 1. The van der Waals surface area contributed by atoms with E-state index in [2.05, 4.69) is 15.2 Å². The van der Waals surface area contributed by atoms with Crippen LogP contribution in [0.1, 0.15) is 22.4 Å². The molecule has 0 fully saturated rings. The van der Waals surface area contributed by atoms with Crippen LogP contribution in [0.25, 0.3) is 5.65 Å². The molecular formula is C11H11N5S. The second-order valence-electron chi connectivity index (χ2n) is 3.81. The molecule has 86 valence electrons. The van der Waals surface area contributed by atoms with Crippen molar-refractivity contribution >= 4 is 17.0 Å². The van der Waals surface area contributed by atoms with Crippen LogP contribution in [0.5, 0.6) is 0 Å². The maximum Gasteiger partial charge on any atom is 0.163 e. The summed E-state index contributed by atoms with van der Waals surface area (Å²) in [5.74, 6) is 0.718. The summed E-state index contributed by atoms with van der Waals surface area (Å²) in [5, 5.41) is 10.3. The van der Waals surface area contributed by atoms with E-state index in [4.69, 9.17) is 5.73 Å². The highest BCUT2D eigenvalue weighted by molar-refractivity contribution is 7.10. The van der Waals surface area contributed by atoms with E-state index in [9.17, 15) is 0 Å². The molecule has 3 rings (SSSR count). The van der Waals surface area contributed by atoms with E-state index < -0.39 is 0 Å². The smallest absolute Gasteiger partial charge is 0.163 e. The van der Waals surface area contributed by atoms with Crippen LogP contribution in [0.2, 0.25) is 0 Å². The summed E-state index contributed by atoms with van der Waals surface area (Å²) in [6.45, 7) is 1.92. The highest BCUT2D eigenvalue weighted by Crippen LogP contribution is 2.22. The average molecular weight is 245 g/mol. The van der Waals surface area contributed by atoms with Crippen LogP contribution < -0.4 is 5.73 Å². The molecule has 0 saturated heterocycles. The fourth-order valence-electron chi connectivity index (χ4n) is 1.71. The van der Waals surface area contributed by atoms with Gasteiger partial charge in [0.1, 0.15) is 12.4 Å². The van der Waals surface area contributed by atoms with E-state index in [-0.39, 0.29) is 6.04 Å². The van der Waals surface area contributed by atoms with Crippen LogP contribution in [-0.4, -0.2) is 19.6 Å². The summed E-state index contributed by atoms with van der Waals surface area (Å²) in [6.07, 6.45) is 1.72. The molecular weight excluding hydrogens is 234 g/mol. The van der Waals surface area contributed by atoms with E-state index in [0.717, 1.165) is 22.0 Å². The molecule has 0 radical (unpaired) electrons. The van der Waals surface area contributed by atoms with Crippen LogP contribution in [0.4, 0.5) is 0 Å². The van der Waals surface area contributed by atoms with Crippen LogP contribution in [0, 0.1) is 6.92 Å². The third-order valence-corrected chi connectivity index (χ3v) is 3.55. The molecule has 3 aromatic heterocycles. The van der Waals surface area contributed by atoms with Crippen LogP contribution >= 0.6 is 11.3 Å². The minimum atomic E-state index is -0.255. The second kappa shape index (κ2) is 3.90. The second-order valence-corrected chi connectivity index (χ2v) is 4.79. The van der Waals surface area contributed by atoms with Gasteiger partial charge in [-0.25, -0.2) is 4.98 Å². The first-order valence-electron chi connectivity index (χ1n) is 5.22. The lowest BCUT2D eigenvalue weighted by atomic mass is 10.2. The number of nitrogens with zero attached hydrogens (tertiary/aromatic N) is 4. The Morgan fingerprint density at radius 1 is 1.41 bits per heavy atom. The molecule has 0 amide bonds. The van der Waals surface area contributed by atoms with Crippen LogP contribution in [0.15, 0.2) is 29.9 Å². The lowest BCUT2D eigenvalue weighted by Crippen LogP contribution is -2.14. The van der Waals surface area contributed by atoms with E-state index in [1.807, 2.05) is 34.9 Å². The first-order chi connectivity index (χ1) is 8.25. The molecule has 5 nitrogen and oxygen atoms in total. The molecule has 6 heteroatoms. The SMILES string of the molecule is Cc1cc2nnc(C(N)c3cccs3)n2cn1. The molecule has 0 saturated carbocycles. The molecule has 17 heavy (non-hydrogen) atoms. The molecule has 1 unspecified atom stereocenters. The number of fused-ring (bicyclic) bond motifs is 1. The molecule has 0 aliphatic rings. The van der Waals surface area contributed by atoms with Crippen molar-refractivity contribution in [3.63, 3.8) is 0 Å². The van der Waals surface area contributed by atoms with Gasteiger partial charge in [0.25, 0.3) is 0 Å². The Labute approximate surface area is 102 Å². The fraction of sp³-hybridized carbons (Fsp3) is 0.182. The van der Waals surface area contributed by atoms with E-state index >= 15 is 0 Å². The molecule has 0 bridgehead atoms.